The van der Waals surface area contributed by atoms with Crippen LogP contribution >= 0.6 is 0 Å². The Morgan fingerprint density at radius 2 is 1.90 bits per heavy atom. The molecule has 1 aromatic rings. The first-order chi connectivity index (χ1) is 9.54. The molecule has 0 bridgehead atoms. The van der Waals surface area contributed by atoms with Gasteiger partial charge < -0.3 is 10.4 Å². The monoisotopic (exact) mass is 271 g/mol. The summed E-state index contributed by atoms with van der Waals surface area (Å²) in [5.41, 5.74) is -0.210. The summed E-state index contributed by atoms with van der Waals surface area (Å²) in [6.45, 7) is 1.98. The molecule has 1 amide bonds. The van der Waals surface area contributed by atoms with Gasteiger partial charge in [-0.15, -0.1) is 6.42 Å². The zero-order chi connectivity index (χ0) is 14.6. The van der Waals surface area contributed by atoms with Gasteiger partial charge >= 0.3 is 6.09 Å². The molecule has 2 N–H and O–H groups in total. The predicted octanol–water partition coefficient (Wildman–Crippen LogP) is 3.55. The Hall–Kier alpha value is -1.95. The van der Waals surface area contributed by atoms with E-state index in [1.807, 2.05) is 37.3 Å². The van der Waals surface area contributed by atoms with Gasteiger partial charge in [0.2, 0.25) is 0 Å². The average Bonchev–Trinajstić information content (AvgIpc) is 2.47. The molecular formula is C17H21NO2. The van der Waals surface area contributed by atoms with Crippen molar-refractivity contribution in [2.75, 3.05) is 0 Å². The average molecular weight is 271 g/mol. The quantitative estimate of drug-likeness (QED) is 0.826. The van der Waals surface area contributed by atoms with Crippen LogP contribution in [0.3, 0.4) is 0 Å². The highest BCUT2D eigenvalue weighted by Crippen LogP contribution is 2.44. The van der Waals surface area contributed by atoms with Gasteiger partial charge in [0.05, 0.1) is 11.0 Å². The molecule has 0 spiro atoms. The van der Waals surface area contributed by atoms with Crippen molar-refractivity contribution < 1.29 is 9.90 Å². The third-order valence-electron chi connectivity index (χ3n) is 4.65. The number of nitrogens with one attached hydrogen (secondary N) is 1. The second kappa shape index (κ2) is 5.58. The van der Waals surface area contributed by atoms with Gasteiger partial charge in [0.25, 0.3) is 0 Å². The fraction of sp³-hybridized carbons (Fsp3) is 0.471. The zero-order valence-electron chi connectivity index (χ0n) is 11.9. The molecule has 1 aliphatic carbocycles. The molecule has 1 aromatic carbocycles. The Kier molecular flexibility index (Phi) is 4.04. The standard InChI is InChI=1S/C17H21NO2/c1-3-16(2,14-10-6-4-7-11-14)17(18-15(19)20)12-8-5-9-13-17/h1,4,6-7,10-11,18H,5,8-9,12-13H2,2H3,(H,19,20). The number of hydrogen-bond donors (Lipinski definition) is 2. The Morgan fingerprint density at radius 3 is 2.40 bits per heavy atom. The highest BCUT2D eigenvalue weighted by molar-refractivity contribution is 5.67. The molecular weight excluding hydrogens is 250 g/mol. The molecule has 0 aromatic heterocycles. The third kappa shape index (κ3) is 2.38. The molecule has 2 rings (SSSR count). The number of carbonyl (C=O) groups is 1. The molecule has 0 aliphatic heterocycles. The number of terminal acetylenes is 1. The molecule has 0 radical (unpaired) electrons. The molecule has 20 heavy (non-hydrogen) atoms. The zero-order valence-corrected chi connectivity index (χ0v) is 11.9. The van der Waals surface area contributed by atoms with Crippen molar-refractivity contribution in [1.82, 2.24) is 5.32 Å². The minimum Gasteiger partial charge on any atom is -0.465 e. The molecule has 1 fully saturated rings. The molecule has 1 atom stereocenters. The minimum absolute atomic E-state index is 0.576. The van der Waals surface area contributed by atoms with Crippen molar-refractivity contribution in [2.24, 2.45) is 0 Å². The Bertz CT molecular complexity index is 512. The lowest BCUT2D eigenvalue weighted by molar-refractivity contribution is 0.132. The van der Waals surface area contributed by atoms with E-state index < -0.39 is 17.0 Å². The maximum absolute atomic E-state index is 11.3. The van der Waals surface area contributed by atoms with Gasteiger partial charge in [0, 0.05) is 0 Å². The molecule has 0 heterocycles. The first-order valence-electron chi connectivity index (χ1n) is 7.08. The molecule has 1 aliphatic rings. The van der Waals surface area contributed by atoms with E-state index in [2.05, 4.69) is 11.2 Å². The van der Waals surface area contributed by atoms with E-state index >= 15 is 0 Å². The van der Waals surface area contributed by atoms with Gasteiger partial charge in [-0.05, 0) is 25.3 Å². The molecule has 106 valence electrons. The third-order valence-corrected chi connectivity index (χ3v) is 4.65. The van der Waals surface area contributed by atoms with E-state index in [1.54, 1.807) is 0 Å². The van der Waals surface area contributed by atoms with Crippen LogP contribution in [0.4, 0.5) is 4.79 Å². The van der Waals surface area contributed by atoms with Crippen LogP contribution in [0.15, 0.2) is 30.3 Å². The van der Waals surface area contributed by atoms with Crippen LogP contribution in [-0.4, -0.2) is 16.7 Å². The van der Waals surface area contributed by atoms with Crippen LogP contribution in [-0.2, 0) is 5.41 Å². The van der Waals surface area contributed by atoms with E-state index in [-0.39, 0.29) is 0 Å². The van der Waals surface area contributed by atoms with Gasteiger partial charge in [-0.3, -0.25) is 0 Å². The van der Waals surface area contributed by atoms with Crippen LogP contribution in [0.1, 0.15) is 44.6 Å². The number of rotatable bonds is 3. The van der Waals surface area contributed by atoms with E-state index in [4.69, 9.17) is 6.42 Å². The second-order valence-corrected chi connectivity index (χ2v) is 5.71. The Balaban J connectivity index is 2.49. The molecule has 1 saturated carbocycles. The predicted molar refractivity (Wildman–Crippen MR) is 79.6 cm³/mol. The number of hydrogen-bond acceptors (Lipinski definition) is 1. The first kappa shape index (κ1) is 14.5. The van der Waals surface area contributed by atoms with E-state index in [1.165, 1.54) is 0 Å². The topological polar surface area (TPSA) is 49.3 Å². The summed E-state index contributed by atoms with van der Waals surface area (Å²) in [6, 6.07) is 9.81. The highest BCUT2D eigenvalue weighted by atomic mass is 16.4. The van der Waals surface area contributed by atoms with E-state index in [0.717, 1.165) is 37.7 Å². The Labute approximate surface area is 120 Å². The SMILES string of the molecule is C#CC(C)(c1ccccc1)C1(NC(=O)O)CCCCC1. The second-order valence-electron chi connectivity index (χ2n) is 5.71. The summed E-state index contributed by atoms with van der Waals surface area (Å²) in [6.07, 6.45) is 9.57. The fourth-order valence-corrected chi connectivity index (χ4v) is 3.38. The number of benzene rings is 1. The summed E-state index contributed by atoms with van der Waals surface area (Å²) in [4.78, 5) is 11.3. The van der Waals surface area contributed by atoms with Gasteiger partial charge in [-0.2, -0.15) is 0 Å². The Morgan fingerprint density at radius 1 is 1.30 bits per heavy atom. The lowest BCUT2D eigenvalue weighted by Gasteiger charge is -2.48. The summed E-state index contributed by atoms with van der Waals surface area (Å²) in [5.74, 6) is 2.88. The highest BCUT2D eigenvalue weighted by Gasteiger charge is 2.49. The maximum atomic E-state index is 11.3. The van der Waals surface area contributed by atoms with Crippen molar-refractivity contribution in [3.05, 3.63) is 35.9 Å². The van der Waals surface area contributed by atoms with Crippen LogP contribution < -0.4 is 5.32 Å². The minimum atomic E-state index is -0.996. The van der Waals surface area contributed by atoms with E-state index in [0.29, 0.717) is 0 Å². The molecule has 3 heteroatoms. The smallest absolute Gasteiger partial charge is 0.405 e. The van der Waals surface area contributed by atoms with E-state index in [9.17, 15) is 9.90 Å². The van der Waals surface area contributed by atoms with Crippen LogP contribution in [0.5, 0.6) is 0 Å². The molecule has 0 saturated heterocycles. The van der Waals surface area contributed by atoms with Crippen molar-refractivity contribution in [3.8, 4) is 12.3 Å². The van der Waals surface area contributed by atoms with Gasteiger partial charge in [0.15, 0.2) is 0 Å². The van der Waals surface area contributed by atoms with Crippen molar-refractivity contribution in [2.45, 2.75) is 50.0 Å². The molecule has 3 nitrogen and oxygen atoms in total. The lowest BCUT2D eigenvalue weighted by Crippen LogP contribution is -2.61. The summed E-state index contributed by atoms with van der Waals surface area (Å²) in [5, 5.41) is 12.0. The van der Waals surface area contributed by atoms with Gasteiger partial charge in [-0.1, -0.05) is 55.5 Å². The van der Waals surface area contributed by atoms with Crippen LogP contribution in [0.25, 0.3) is 0 Å². The molecule has 1 unspecified atom stereocenters. The van der Waals surface area contributed by atoms with Crippen LogP contribution in [0.2, 0.25) is 0 Å². The number of amides is 1. The first-order valence-corrected chi connectivity index (χ1v) is 7.08. The van der Waals surface area contributed by atoms with Crippen molar-refractivity contribution >= 4 is 6.09 Å². The lowest BCUT2D eigenvalue weighted by atomic mass is 9.61. The van der Waals surface area contributed by atoms with Crippen molar-refractivity contribution in [1.29, 1.82) is 0 Å². The summed E-state index contributed by atoms with van der Waals surface area (Å²) in [7, 11) is 0. The largest absolute Gasteiger partial charge is 0.465 e. The van der Waals surface area contributed by atoms with Gasteiger partial charge in [-0.25, -0.2) is 4.79 Å². The maximum Gasteiger partial charge on any atom is 0.405 e. The summed E-state index contributed by atoms with van der Waals surface area (Å²) < 4.78 is 0. The fourth-order valence-electron chi connectivity index (χ4n) is 3.38. The normalized spacial score (nSPS) is 20.4. The van der Waals surface area contributed by atoms with Crippen molar-refractivity contribution in [3.63, 3.8) is 0 Å². The van der Waals surface area contributed by atoms with Gasteiger partial charge in [0.1, 0.15) is 0 Å². The number of carboxylic acid groups (broad SMARTS) is 1. The summed E-state index contributed by atoms with van der Waals surface area (Å²) >= 11 is 0. The van der Waals surface area contributed by atoms with Crippen LogP contribution in [0, 0.1) is 12.3 Å².